The molecule has 268 valence electrons. The zero-order chi connectivity index (χ0) is 37.6. The lowest BCUT2D eigenvalue weighted by Crippen LogP contribution is -2.30. The summed E-state index contributed by atoms with van der Waals surface area (Å²) in [5.74, 6) is 0. The fourth-order valence-electron chi connectivity index (χ4n) is 9.97. The van der Waals surface area contributed by atoms with Gasteiger partial charge in [-0.3, -0.25) is 0 Å². The monoisotopic (exact) mass is 719 g/mol. The van der Waals surface area contributed by atoms with Gasteiger partial charge in [-0.2, -0.15) is 0 Å². The molecule has 2 aliphatic carbocycles. The van der Waals surface area contributed by atoms with Crippen LogP contribution in [-0.2, 0) is 10.8 Å². The van der Waals surface area contributed by atoms with Crippen LogP contribution in [0.5, 0.6) is 0 Å². The molecule has 1 heterocycles. The molecule has 0 radical (unpaired) electrons. The minimum absolute atomic E-state index is 0.0957. The predicted octanol–water partition coefficient (Wildman–Crippen LogP) is 14.8. The summed E-state index contributed by atoms with van der Waals surface area (Å²) in [5.41, 5.74) is 14.3. The quantitative estimate of drug-likeness (QED) is 0.165. The lowest BCUT2D eigenvalue weighted by atomic mass is 9.70. The molecular weight excluding hydrogens is 679 g/mol. The minimum Gasteiger partial charge on any atom is -0.456 e. The molecule has 0 fully saturated rings. The van der Waals surface area contributed by atoms with E-state index >= 15 is 0 Å². The number of allylic oxidation sites excluding steroid dienone is 3. The highest BCUT2D eigenvalue weighted by Crippen LogP contribution is 2.58. The average molecular weight is 720 g/mol. The molecule has 1 atom stereocenters. The van der Waals surface area contributed by atoms with E-state index in [1.165, 1.54) is 66.2 Å². The van der Waals surface area contributed by atoms with Gasteiger partial charge in [0.2, 0.25) is 0 Å². The van der Waals surface area contributed by atoms with E-state index in [0.29, 0.717) is 0 Å². The summed E-state index contributed by atoms with van der Waals surface area (Å²) >= 11 is 0. The van der Waals surface area contributed by atoms with Crippen LogP contribution in [0.1, 0.15) is 38.3 Å². The summed E-state index contributed by atoms with van der Waals surface area (Å²) in [6.45, 7) is 7.28. The van der Waals surface area contributed by atoms with Crippen molar-refractivity contribution in [3.05, 3.63) is 204 Å². The molecule has 11 rings (SSSR count). The highest BCUT2D eigenvalue weighted by atomic mass is 16.3. The molecule has 0 amide bonds. The Labute approximate surface area is 327 Å². The first-order valence-electron chi connectivity index (χ1n) is 19.7. The number of rotatable bonds is 5. The van der Waals surface area contributed by atoms with Crippen molar-refractivity contribution in [1.29, 1.82) is 0 Å². The van der Waals surface area contributed by atoms with Gasteiger partial charge in [-0.25, -0.2) is 0 Å². The zero-order valence-corrected chi connectivity index (χ0v) is 31.9. The first-order chi connectivity index (χ1) is 27.4. The molecule has 1 unspecified atom stereocenters. The summed E-state index contributed by atoms with van der Waals surface area (Å²) in [4.78, 5) is 2.46. The predicted molar refractivity (Wildman–Crippen MR) is 236 cm³/mol. The van der Waals surface area contributed by atoms with Gasteiger partial charge in [-0.15, -0.1) is 0 Å². The van der Waals surface area contributed by atoms with E-state index in [-0.39, 0.29) is 10.8 Å². The molecule has 2 aliphatic rings. The SMILES string of the molecule is CC1(C)C2=CC(N(c3cccc(-c4cccc5c4ccc4ccccc45)c3)c3ccc4oc5ccccc5c4c3)=CCC2(C)c2ccc(-c3ccccc3)cc21. The number of furan rings is 1. The average Bonchev–Trinajstić information content (AvgIpc) is 3.70. The van der Waals surface area contributed by atoms with Gasteiger partial charge in [-0.05, 0) is 115 Å². The Morgan fingerprint density at radius 1 is 0.482 bits per heavy atom. The number of nitrogens with zero attached hydrogens (tertiary/aromatic N) is 1. The number of hydrogen-bond acceptors (Lipinski definition) is 2. The summed E-state index contributed by atoms with van der Waals surface area (Å²) in [6, 6.07) is 62.0. The fourth-order valence-corrected chi connectivity index (χ4v) is 9.97. The third-order valence-corrected chi connectivity index (χ3v) is 12.8. The molecule has 56 heavy (non-hydrogen) atoms. The van der Waals surface area contributed by atoms with Gasteiger partial charge in [0.05, 0.1) is 0 Å². The van der Waals surface area contributed by atoms with Crippen LogP contribution in [0.4, 0.5) is 11.4 Å². The second-order valence-corrected chi connectivity index (χ2v) is 16.3. The Hall–Kier alpha value is -6.64. The van der Waals surface area contributed by atoms with Crippen molar-refractivity contribution in [3.8, 4) is 22.3 Å². The van der Waals surface area contributed by atoms with Crippen molar-refractivity contribution in [2.24, 2.45) is 0 Å². The smallest absolute Gasteiger partial charge is 0.135 e. The minimum atomic E-state index is -0.154. The number of fused-ring (bicyclic) bond motifs is 9. The normalized spacial score (nSPS) is 17.2. The molecule has 0 spiro atoms. The molecule has 0 bridgehead atoms. The van der Waals surface area contributed by atoms with E-state index in [1.807, 2.05) is 6.07 Å². The Morgan fingerprint density at radius 2 is 1.21 bits per heavy atom. The molecule has 0 N–H and O–H groups in total. The maximum Gasteiger partial charge on any atom is 0.135 e. The van der Waals surface area contributed by atoms with Gasteiger partial charge in [0, 0.05) is 38.7 Å². The first-order valence-corrected chi connectivity index (χ1v) is 19.7. The second-order valence-electron chi connectivity index (χ2n) is 16.3. The van der Waals surface area contributed by atoms with Crippen LogP contribution >= 0.6 is 0 Å². The Morgan fingerprint density at radius 3 is 2.11 bits per heavy atom. The Kier molecular flexibility index (Phi) is 7.13. The summed E-state index contributed by atoms with van der Waals surface area (Å²) < 4.78 is 6.32. The molecule has 0 saturated heterocycles. The van der Waals surface area contributed by atoms with E-state index in [0.717, 1.165) is 39.7 Å². The maximum atomic E-state index is 6.32. The highest BCUT2D eigenvalue weighted by Gasteiger charge is 2.50. The molecule has 2 nitrogen and oxygen atoms in total. The van der Waals surface area contributed by atoms with Gasteiger partial charge in [0.25, 0.3) is 0 Å². The van der Waals surface area contributed by atoms with Gasteiger partial charge in [0.15, 0.2) is 0 Å². The van der Waals surface area contributed by atoms with Crippen LogP contribution in [0.15, 0.2) is 198 Å². The summed E-state index contributed by atoms with van der Waals surface area (Å²) in [5, 5.41) is 7.33. The lowest BCUT2D eigenvalue weighted by molar-refractivity contribution is 0.508. The summed E-state index contributed by atoms with van der Waals surface area (Å²) in [7, 11) is 0. The number of anilines is 2. The third-order valence-electron chi connectivity index (χ3n) is 12.8. The standard InChI is InChI=1S/C54H41NO/c1-53(2)49-32-37(35-13-5-4-6-14-35)24-27-48(49)54(3)30-29-41(34-52(53)54)55(40-25-28-51-47(33-40)46-19-9-10-22-50(46)56-51)39-17-11-16-38(31-39)43-20-12-21-44-42-18-8-7-15-36(42)23-26-45(43)44/h4-29,31-34H,30H2,1-3H3. The van der Waals surface area contributed by atoms with Crippen molar-refractivity contribution < 1.29 is 4.42 Å². The topological polar surface area (TPSA) is 16.4 Å². The van der Waals surface area contributed by atoms with Gasteiger partial charge >= 0.3 is 0 Å². The maximum absolute atomic E-state index is 6.32. The van der Waals surface area contributed by atoms with E-state index in [4.69, 9.17) is 4.42 Å². The lowest BCUT2D eigenvalue weighted by Gasteiger charge is -2.37. The summed E-state index contributed by atoms with van der Waals surface area (Å²) in [6.07, 6.45) is 5.88. The van der Waals surface area contributed by atoms with Crippen molar-refractivity contribution in [1.82, 2.24) is 0 Å². The first kappa shape index (κ1) is 32.8. The molecule has 1 aromatic heterocycles. The van der Waals surface area contributed by atoms with Crippen LogP contribution in [0.3, 0.4) is 0 Å². The number of para-hydroxylation sites is 1. The van der Waals surface area contributed by atoms with Crippen LogP contribution in [-0.4, -0.2) is 0 Å². The van der Waals surface area contributed by atoms with E-state index in [9.17, 15) is 0 Å². The van der Waals surface area contributed by atoms with Crippen LogP contribution in [0, 0.1) is 0 Å². The molecule has 9 aromatic rings. The van der Waals surface area contributed by atoms with E-state index in [1.54, 1.807) is 0 Å². The van der Waals surface area contributed by atoms with Crippen molar-refractivity contribution in [3.63, 3.8) is 0 Å². The van der Waals surface area contributed by atoms with Crippen LogP contribution < -0.4 is 4.90 Å². The Bertz CT molecular complexity index is 3110. The van der Waals surface area contributed by atoms with Crippen LogP contribution in [0.2, 0.25) is 0 Å². The Balaban J connectivity index is 1.08. The molecule has 0 aliphatic heterocycles. The number of benzene rings is 8. The third kappa shape index (κ3) is 4.88. The van der Waals surface area contributed by atoms with Crippen molar-refractivity contribution >= 4 is 54.9 Å². The molecule has 0 saturated carbocycles. The van der Waals surface area contributed by atoms with Crippen molar-refractivity contribution in [2.45, 2.75) is 38.0 Å². The number of hydrogen-bond donors (Lipinski definition) is 0. The van der Waals surface area contributed by atoms with Gasteiger partial charge in [0.1, 0.15) is 11.2 Å². The van der Waals surface area contributed by atoms with E-state index < -0.39 is 0 Å². The van der Waals surface area contributed by atoms with Crippen LogP contribution in [0.25, 0.3) is 65.7 Å². The van der Waals surface area contributed by atoms with Gasteiger partial charge < -0.3 is 9.32 Å². The fraction of sp³-hybridized carbons (Fsp3) is 0.111. The largest absolute Gasteiger partial charge is 0.456 e. The zero-order valence-electron chi connectivity index (χ0n) is 31.9. The molecule has 8 aromatic carbocycles. The van der Waals surface area contributed by atoms with E-state index in [2.05, 4.69) is 202 Å². The molecule has 2 heteroatoms. The highest BCUT2D eigenvalue weighted by molar-refractivity contribution is 6.12. The van der Waals surface area contributed by atoms with Crippen molar-refractivity contribution in [2.75, 3.05) is 4.90 Å². The second kappa shape index (κ2) is 12.2. The van der Waals surface area contributed by atoms with Gasteiger partial charge in [-0.1, -0.05) is 154 Å². The molecular formula is C54H41NO.